The minimum atomic E-state index is -0.381. The monoisotopic (exact) mass is 343 g/mol. The Kier molecular flexibility index (Phi) is 4.74. The third-order valence-electron chi connectivity index (χ3n) is 2.72. The van der Waals surface area contributed by atoms with E-state index in [0.717, 1.165) is 6.42 Å². The van der Waals surface area contributed by atoms with Crippen molar-refractivity contribution >= 4 is 21.8 Å². The van der Waals surface area contributed by atoms with Crippen LogP contribution >= 0.6 is 15.9 Å². The van der Waals surface area contributed by atoms with Crippen LogP contribution in [0.4, 0.5) is 0 Å². The lowest BCUT2D eigenvalue weighted by Crippen LogP contribution is -2.45. The van der Waals surface area contributed by atoms with Crippen LogP contribution in [0.15, 0.2) is 16.6 Å². The Balaban J connectivity index is 2.92. The maximum Gasteiger partial charge on any atom is 0.251 e. The first-order chi connectivity index (χ1) is 8.91. The molecule has 0 atom stereocenters. The number of hydrogen-bond donors (Lipinski definition) is 3. The molecule has 1 rings (SSSR count). The molecule has 1 amide bonds. The van der Waals surface area contributed by atoms with Gasteiger partial charge in [-0.3, -0.25) is 4.79 Å². The van der Waals surface area contributed by atoms with Crippen LogP contribution in [0.5, 0.6) is 11.5 Å². The summed E-state index contributed by atoms with van der Waals surface area (Å²) in [7, 11) is 0. The van der Waals surface area contributed by atoms with Crippen LogP contribution in [-0.2, 0) is 0 Å². The number of carbonyl (C=O) groups is 1. The number of aromatic hydroxyl groups is 2. The van der Waals surface area contributed by atoms with Crippen LogP contribution in [0.1, 0.15) is 51.4 Å². The maximum atomic E-state index is 12.2. The lowest BCUT2D eigenvalue weighted by atomic mass is 9.81. The first kappa shape index (κ1) is 16.8. The fourth-order valence-electron chi connectivity index (χ4n) is 2.47. The summed E-state index contributed by atoms with van der Waals surface area (Å²) in [6.07, 6.45) is 0.806. The summed E-state index contributed by atoms with van der Waals surface area (Å²) in [5.74, 6) is -0.648. The average molecular weight is 344 g/mol. The predicted octanol–water partition coefficient (Wildman–Crippen LogP) is 3.80. The van der Waals surface area contributed by atoms with E-state index in [4.69, 9.17) is 0 Å². The first-order valence-electron chi connectivity index (χ1n) is 6.45. The molecule has 0 saturated carbocycles. The number of amides is 1. The molecule has 0 aliphatic carbocycles. The zero-order chi connectivity index (χ0) is 15.7. The lowest BCUT2D eigenvalue weighted by molar-refractivity contribution is 0.0890. The Morgan fingerprint density at radius 3 is 2.00 bits per heavy atom. The van der Waals surface area contributed by atoms with Gasteiger partial charge in [-0.15, -0.1) is 0 Å². The van der Waals surface area contributed by atoms with Crippen molar-refractivity contribution in [2.75, 3.05) is 0 Å². The molecule has 0 aliphatic rings. The minimum absolute atomic E-state index is 0.0841. The molecule has 1 aromatic carbocycles. The van der Waals surface area contributed by atoms with Crippen molar-refractivity contribution in [2.45, 2.75) is 46.6 Å². The highest BCUT2D eigenvalue weighted by Crippen LogP contribution is 2.34. The summed E-state index contributed by atoms with van der Waals surface area (Å²) in [5, 5.41) is 22.2. The number of phenols is 2. The molecular formula is C15H22BrNO3. The van der Waals surface area contributed by atoms with Gasteiger partial charge in [0.2, 0.25) is 0 Å². The summed E-state index contributed by atoms with van der Waals surface area (Å²) in [6, 6.07) is 2.65. The van der Waals surface area contributed by atoms with Crippen LogP contribution in [0.3, 0.4) is 0 Å². The van der Waals surface area contributed by atoms with Gasteiger partial charge in [-0.1, -0.05) is 20.8 Å². The van der Waals surface area contributed by atoms with Gasteiger partial charge in [-0.25, -0.2) is 0 Å². The van der Waals surface area contributed by atoms with E-state index in [9.17, 15) is 15.0 Å². The maximum absolute atomic E-state index is 12.2. The van der Waals surface area contributed by atoms with E-state index in [1.54, 1.807) is 0 Å². The number of hydrogen-bond acceptors (Lipinski definition) is 3. The van der Waals surface area contributed by atoms with Crippen molar-refractivity contribution in [3.8, 4) is 11.5 Å². The fraction of sp³-hybridized carbons (Fsp3) is 0.533. The number of halogens is 1. The summed E-state index contributed by atoms with van der Waals surface area (Å²) in [4.78, 5) is 12.2. The topological polar surface area (TPSA) is 69.6 Å². The Hall–Kier alpha value is -1.23. The van der Waals surface area contributed by atoms with Gasteiger partial charge in [0.15, 0.2) is 0 Å². The van der Waals surface area contributed by atoms with Gasteiger partial charge >= 0.3 is 0 Å². The zero-order valence-electron chi connectivity index (χ0n) is 12.5. The normalized spacial score (nSPS) is 12.3. The minimum Gasteiger partial charge on any atom is -0.507 e. The van der Waals surface area contributed by atoms with Crippen LogP contribution in [0.2, 0.25) is 0 Å². The average Bonchev–Trinajstić information content (AvgIpc) is 2.20. The molecule has 0 saturated heterocycles. The molecule has 20 heavy (non-hydrogen) atoms. The number of phenolic OH excluding ortho intramolecular Hbond substituents is 2. The Morgan fingerprint density at radius 2 is 1.60 bits per heavy atom. The van der Waals surface area contributed by atoms with Crippen LogP contribution in [0, 0.1) is 5.41 Å². The standard InChI is InChI=1S/C15H22BrNO3/c1-14(2,3)8-15(4,5)17-13(20)9-6-10(18)12(16)11(19)7-9/h6-7,18-19H,8H2,1-5H3,(H,17,20). The predicted molar refractivity (Wildman–Crippen MR) is 83.1 cm³/mol. The number of nitrogens with one attached hydrogen (secondary N) is 1. The van der Waals surface area contributed by atoms with Gasteiger partial charge in [0, 0.05) is 11.1 Å². The van der Waals surface area contributed by atoms with Crippen LogP contribution in [0.25, 0.3) is 0 Å². The molecule has 3 N–H and O–H groups in total. The number of benzene rings is 1. The van der Waals surface area contributed by atoms with Gasteiger partial charge in [0.1, 0.15) is 16.0 Å². The van der Waals surface area contributed by atoms with Gasteiger partial charge < -0.3 is 15.5 Å². The van der Waals surface area contributed by atoms with E-state index in [1.807, 2.05) is 13.8 Å². The lowest BCUT2D eigenvalue weighted by Gasteiger charge is -2.33. The highest BCUT2D eigenvalue weighted by molar-refractivity contribution is 9.10. The highest BCUT2D eigenvalue weighted by Gasteiger charge is 2.27. The largest absolute Gasteiger partial charge is 0.507 e. The summed E-state index contributed by atoms with van der Waals surface area (Å²) in [6.45, 7) is 10.2. The Bertz CT molecular complexity index is 495. The number of carbonyl (C=O) groups excluding carboxylic acids is 1. The van der Waals surface area contributed by atoms with Gasteiger partial charge in [-0.2, -0.15) is 0 Å². The summed E-state index contributed by atoms with van der Waals surface area (Å²) >= 11 is 3.03. The molecule has 1 aromatic rings. The number of rotatable bonds is 3. The SMILES string of the molecule is CC(C)(C)CC(C)(C)NC(=O)c1cc(O)c(Br)c(O)c1. The van der Waals surface area contributed by atoms with E-state index >= 15 is 0 Å². The fourth-order valence-corrected chi connectivity index (χ4v) is 2.70. The smallest absolute Gasteiger partial charge is 0.251 e. The van der Waals surface area contributed by atoms with E-state index < -0.39 is 0 Å². The third kappa shape index (κ3) is 4.71. The molecule has 0 aliphatic heterocycles. The van der Waals surface area contributed by atoms with E-state index in [1.165, 1.54) is 12.1 Å². The molecular weight excluding hydrogens is 322 g/mol. The summed E-state index contributed by atoms with van der Waals surface area (Å²) < 4.78 is 0.183. The van der Waals surface area contributed by atoms with Crippen molar-refractivity contribution < 1.29 is 15.0 Å². The molecule has 0 fully saturated rings. The van der Waals surface area contributed by atoms with E-state index in [-0.39, 0.29) is 38.4 Å². The van der Waals surface area contributed by atoms with Crippen molar-refractivity contribution in [3.63, 3.8) is 0 Å². The van der Waals surface area contributed by atoms with Crippen LogP contribution < -0.4 is 5.32 Å². The molecule has 0 heterocycles. The van der Waals surface area contributed by atoms with Crippen molar-refractivity contribution in [1.82, 2.24) is 5.32 Å². The Morgan fingerprint density at radius 1 is 1.15 bits per heavy atom. The van der Waals surface area contributed by atoms with Crippen molar-refractivity contribution in [3.05, 3.63) is 22.2 Å². The molecule has 0 spiro atoms. The molecule has 0 aromatic heterocycles. The quantitative estimate of drug-likeness (QED) is 0.781. The summed E-state index contributed by atoms with van der Waals surface area (Å²) in [5.41, 5.74) is -0.0702. The second kappa shape index (κ2) is 5.64. The molecule has 0 unspecified atom stereocenters. The van der Waals surface area contributed by atoms with E-state index in [2.05, 4.69) is 42.0 Å². The van der Waals surface area contributed by atoms with E-state index in [0.29, 0.717) is 0 Å². The highest BCUT2D eigenvalue weighted by atomic mass is 79.9. The van der Waals surface area contributed by atoms with Gasteiger partial charge in [0.05, 0.1) is 0 Å². The van der Waals surface area contributed by atoms with Crippen molar-refractivity contribution in [1.29, 1.82) is 0 Å². The molecule has 5 heteroatoms. The third-order valence-corrected chi connectivity index (χ3v) is 3.53. The van der Waals surface area contributed by atoms with Crippen LogP contribution in [-0.4, -0.2) is 21.7 Å². The second-order valence-electron chi connectivity index (χ2n) is 6.90. The van der Waals surface area contributed by atoms with Gasteiger partial charge in [0.25, 0.3) is 5.91 Å². The van der Waals surface area contributed by atoms with Crippen molar-refractivity contribution in [2.24, 2.45) is 5.41 Å². The molecule has 112 valence electrons. The zero-order valence-corrected chi connectivity index (χ0v) is 14.1. The molecule has 0 radical (unpaired) electrons. The Labute approximate surface area is 128 Å². The molecule has 0 bridgehead atoms. The first-order valence-corrected chi connectivity index (χ1v) is 7.25. The van der Waals surface area contributed by atoms with Gasteiger partial charge in [-0.05, 0) is 53.7 Å². The second-order valence-corrected chi connectivity index (χ2v) is 7.70. The molecule has 4 nitrogen and oxygen atoms in total.